The van der Waals surface area contributed by atoms with E-state index in [1.165, 1.54) is 17.0 Å². The van der Waals surface area contributed by atoms with Gasteiger partial charge in [-0.3, -0.25) is 13.9 Å². The number of anilines is 1. The van der Waals surface area contributed by atoms with E-state index < -0.39 is 28.5 Å². The molecule has 1 atom stereocenters. The molecule has 10 heteroatoms. The molecule has 1 N–H and O–H groups in total. The highest BCUT2D eigenvalue weighted by Crippen LogP contribution is 2.26. The van der Waals surface area contributed by atoms with E-state index in [9.17, 15) is 18.0 Å². The molecule has 3 aromatic rings. The minimum atomic E-state index is -4.15. The number of sulfonamides is 1. The quantitative estimate of drug-likeness (QED) is 0.313. The van der Waals surface area contributed by atoms with Crippen molar-refractivity contribution in [2.75, 3.05) is 31.1 Å². The van der Waals surface area contributed by atoms with E-state index in [4.69, 9.17) is 9.47 Å². The number of hydrogen-bond acceptors (Lipinski definition) is 6. The molecule has 9 nitrogen and oxygen atoms in total. The van der Waals surface area contributed by atoms with Gasteiger partial charge >= 0.3 is 0 Å². The molecule has 3 aromatic carbocycles. The smallest absolute Gasteiger partial charge is 0.264 e. The van der Waals surface area contributed by atoms with Gasteiger partial charge < -0.3 is 19.7 Å². The summed E-state index contributed by atoms with van der Waals surface area (Å²) in [5, 5.41) is 2.83. The molecule has 40 heavy (non-hydrogen) atoms. The summed E-state index contributed by atoms with van der Waals surface area (Å²) >= 11 is 0. The highest BCUT2D eigenvalue weighted by Gasteiger charge is 2.32. The molecular formula is C30H37N3O6S. The number of benzene rings is 3. The van der Waals surface area contributed by atoms with Crippen LogP contribution in [-0.4, -0.2) is 58.0 Å². The lowest BCUT2D eigenvalue weighted by molar-refractivity contribution is -0.139. The van der Waals surface area contributed by atoms with Crippen LogP contribution in [0, 0.1) is 0 Å². The number of rotatable bonds is 14. The third-order valence-electron chi connectivity index (χ3n) is 6.25. The van der Waals surface area contributed by atoms with Gasteiger partial charge in [0.05, 0.1) is 24.3 Å². The van der Waals surface area contributed by atoms with Gasteiger partial charge in [0.15, 0.2) is 0 Å². The Balaban J connectivity index is 1.99. The fourth-order valence-electron chi connectivity index (χ4n) is 4.07. The number of carbonyl (C=O) groups excluding carboxylic acids is 2. The molecule has 0 spiro atoms. The molecule has 0 aliphatic rings. The van der Waals surface area contributed by atoms with Gasteiger partial charge in [0.1, 0.15) is 24.1 Å². The molecule has 0 bridgehead atoms. The Morgan fingerprint density at radius 2 is 1.62 bits per heavy atom. The number of ether oxygens (including phenoxy) is 2. The highest BCUT2D eigenvalue weighted by atomic mass is 32.2. The molecule has 3 rings (SSSR count). The third kappa shape index (κ3) is 7.75. The lowest BCUT2D eigenvalue weighted by Crippen LogP contribution is -2.51. The van der Waals surface area contributed by atoms with Crippen LogP contribution in [0.2, 0.25) is 0 Å². The highest BCUT2D eigenvalue weighted by molar-refractivity contribution is 7.92. The third-order valence-corrected chi connectivity index (χ3v) is 8.04. The van der Waals surface area contributed by atoms with Gasteiger partial charge in [0, 0.05) is 13.1 Å². The first kappa shape index (κ1) is 30.5. The maximum absolute atomic E-state index is 13.9. The van der Waals surface area contributed by atoms with E-state index in [0.29, 0.717) is 30.3 Å². The first-order valence-corrected chi connectivity index (χ1v) is 14.7. The van der Waals surface area contributed by atoms with Crippen molar-refractivity contribution in [3.05, 3.63) is 84.4 Å². The Kier molecular flexibility index (Phi) is 11.0. The topological polar surface area (TPSA) is 105 Å². The van der Waals surface area contributed by atoms with Crippen molar-refractivity contribution in [2.24, 2.45) is 0 Å². The average Bonchev–Trinajstić information content (AvgIpc) is 2.97. The van der Waals surface area contributed by atoms with E-state index >= 15 is 0 Å². The molecule has 0 aliphatic carbocycles. The molecule has 0 radical (unpaired) electrons. The number of nitrogens with one attached hydrogen (secondary N) is 1. The average molecular weight is 568 g/mol. The molecule has 0 fully saturated rings. The lowest BCUT2D eigenvalue weighted by atomic mass is 10.1. The molecule has 0 saturated carbocycles. The van der Waals surface area contributed by atoms with Crippen LogP contribution in [0.15, 0.2) is 83.8 Å². The molecule has 0 aromatic heterocycles. The Hall–Kier alpha value is -4.05. The lowest BCUT2D eigenvalue weighted by Gasteiger charge is -2.32. The van der Waals surface area contributed by atoms with Gasteiger partial charge in [-0.1, -0.05) is 37.3 Å². The zero-order valence-electron chi connectivity index (χ0n) is 23.4. The Bertz CT molecular complexity index is 1360. The second-order valence-electron chi connectivity index (χ2n) is 9.09. The van der Waals surface area contributed by atoms with Gasteiger partial charge in [-0.05, 0) is 74.4 Å². The SMILES string of the molecule is CCCNC(=O)[C@@H](C)N(Cc1cccc(OC)c1)C(=O)CN(c1ccccc1)S(=O)(=O)c1ccc(OCC)cc1. The summed E-state index contributed by atoms with van der Waals surface area (Å²) in [6, 6.07) is 20.8. The van der Waals surface area contributed by atoms with Crippen molar-refractivity contribution in [3.8, 4) is 11.5 Å². The van der Waals surface area contributed by atoms with E-state index in [1.807, 2.05) is 19.9 Å². The van der Waals surface area contributed by atoms with Crippen LogP contribution in [-0.2, 0) is 26.2 Å². The summed E-state index contributed by atoms with van der Waals surface area (Å²) in [6.45, 7) is 5.91. The summed E-state index contributed by atoms with van der Waals surface area (Å²) in [5.41, 5.74) is 1.07. The van der Waals surface area contributed by atoms with Gasteiger partial charge in [-0.25, -0.2) is 8.42 Å². The van der Waals surface area contributed by atoms with E-state index in [-0.39, 0.29) is 17.3 Å². The first-order valence-electron chi connectivity index (χ1n) is 13.2. The van der Waals surface area contributed by atoms with Crippen molar-refractivity contribution in [2.45, 2.75) is 44.7 Å². The van der Waals surface area contributed by atoms with Crippen LogP contribution >= 0.6 is 0 Å². The van der Waals surface area contributed by atoms with E-state index in [0.717, 1.165) is 16.3 Å². The summed E-state index contributed by atoms with van der Waals surface area (Å²) in [4.78, 5) is 28.3. The second-order valence-corrected chi connectivity index (χ2v) is 11.0. The van der Waals surface area contributed by atoms with E-state index in [2.05, 4.69) is 5.32 Å². The van der Waals surface area contributed by atoms with Crippen LogP contribution < -0.4 is 19.1 Å². The summed E-state index contributed by atoms with van der Waals surface area (Å²) in [6.07, 6.45) is 0.740. The van der Waals surface area contributed by atoms with Gasteiger partial charge in [0.2, 0.25) is 11.8 Å². The maximum Gasteiger partial charge on any atom is 0.264 e. The molecule has 2 amide bonds. The zero-order chi connectivity index (χ0) is 29.1. The molecule has 214 valence electrons. The minimum Gasteiger partial charge on any atom is -0.497 e. The molecule has 0 unspecified atom stereocenters. The van der Waals surface area contributed by atoms with Crippen molar-refractivity contribution in [1.29, 1.82) is 0 Å². The minimum absolute atomic E-state index is 0.0145. The van der Waals surface area contributed by atoms with E-state index in [1.54, 1.807) is 74.7 Å². The first-order chi connectivity index (χ1) is 19.2. The van der Waals surface area contributed by atoms with Crippen LogP contribution in [0.4, 0.5) is 5.69 Å². The van der Waals surface area contributed by atoms with Crippen LogP contribution in [0.3, 0.4) is 0 Å². The summed E-state index contributed by atoms with van der Waals surface area (Å²) in [5.74, 6) is 0.302. The largest absolute Gasteiger partial charge is 0.497 e. The monoisotopic (exact) mass is 567 g/mol. The van der Waals surface area contributed by atoms with Crippen molar-refractivity contribution in [1.82, 2.24) is 10.2 Å². The fraction of sp³-hybridized carbons (Fsp3) is 0.333. The van der Waals surface area contributed by atoms with Gasteiger partial charge in [-0.15, -0.1) is 0 Å². The van der Waals surface area contributed by atoms with Crippen molar-refractivity contribution < 1.29 is 27.5 Å². The number of amides is 2. The zero-order valence-corrected chi connectivity index (χ0v) is 24.2. The van der Waals surface area contributed by atoms with Crippen LogP contribution in [0.25, 0.3) is 0 Å². The Labute approximate surface area is 236 Å². The molecular weight excluding hydrogens is 530 g/mol. The summed E-state index contributed by atoms with van der Waals surface area (Å²) in [7, 11) is -2.60. The number of methoxy groups -OCH3 is 1. The fourth-order valence-corrected chi connectivity index (χ4v) is 5.48. The number of para-hydroxylation sites is 1. The van der Waals surface area contributed by atoms with Crippen molar-refractivity contribution >= 4 is 27.5 Å². The standard InChI is InChI=1S/C30H37N3O6S/c1-5-19-31-30(35)23(3)32(21-24-11-10-14-27(20-24)38-4)29(34)22-33(25-12-8-7-9-13-25)40(36,37)28-17-15-26(16-18-28)39-6-2/h7-18,20,23H,5-6,19,21-22H2,1-4H3,(H,31,35)/t23-/m1/s1. The molecule has 0 saturated heterocycles. The Morgan fingerprint density at radius 3 is 2.25 bits per heavy atom. The van der Waals surface area contributed by atoms with Gasteiger partial charge in [0.25, 0.3) is 10.0 Å². The number of nitrogens with zero attached hydrogens (tertiary/aromatic N) is 2. The second kappa shape index (κ2) is 14.4. The van der Waals surface area contributed by atoms with Gasteiger partial charge in [-0.2, -0.15) is 0 Å². The predicted molar refractivity (Wildman–Crippen MR) is 155 cm³/mol. The molecule has 0 heterocycles. The maximum atomic E-state index is 13.9. The van der Waals surface area contributed by atoms with Crippen LogP contribution in [0.5, 0.6) is 11.5 Å². The van der Waals surface area contributed by atoms with Crippen LogP contribution in [0.1, 0.15) is 32.8 Å². The van der Waals surface area contributed by atoms with Crippen molar-refractivity contribution in [3.63, 3.8) is 0 Å². The summed E-state index contributed by atoms with van der Waals surface area (Å²) < 4.78 is 39.6. The Morgan fingerprint density at radius 1 is 0.925 bits per heavy atom. The number of hydrogen-bond donors (Lipinski definition) is 1. The molecule has 0 aliphatic heterocycles. The number of carbonyl (C=O) groups is 2. The normalized spacial score (nSPS) is 11.8. The predicted octanol–water partition coefficient (Wildman–Crippen LogP) is 4.23.